The Balaban J connectivity index is 2.77. The minimum atomic E-state index is -5.88. The van der Waals surface area contributed by atoms with Gasteiger partial charge in [-0.2, -0.15) is 22.0 Å². The summed E-state index contributed by atoms with van der Waals surface area (Å²) in [6.45, 7) is 0.614. The number of alkyl halides is 5. The monoisotopic (exact) mass is 233 g/mol. The van der Waals surface area contributed by atoms with E-state index in [1.807, 2.05) is 0 Å². The fourth-order valence-electron chi connectivity index (χ4n) is 1.25. The lowest BCUT2D eigenvalue weighted by atomic mass is 10.3. The van der Waals surface area contributed by atoms with Gasteiger partial charge >= 0.3 is 12.1 Å². The molecule has 1 saturated heterocycles. The summed E-state index contributed by atoms with van der Waals surface area (Å²) in [4.78, 5) is 1.12. The Morgan fingerprint density at radius 3 is 1.87 bits per heavy atom. The summed E-state index contributed by atoms with van der Waals surface area (Å²) in [7, 11) is 0. The van der Waals surface area contributed by atoms with Gasteiger partial charge in [-0.3, -0.25) is 0 Å². The molecule has 1 nitrogen and oxygen atoms in total. The van der Waals surface area contributed by atoms with Crippen molar-refractivity contribution in [3.63, 3.8) is 0 Å². The van der Waals surface area contributed by atoms with E-state index in [1.165, 1.54) is 0 Å². The SMILES string of the molecule is F/C(=C/N1CCCC1)C(F)(F)C(F)(F)F. The van der Waals surface area contributed by atoms with E-state index in [4.69, 9.17) is 0 Å². The zero-order valence-electron chi connectivity index (χ0n) is 7.62. The number of rotatable bonds is 2. The highest BCUT2D eigenvalue weighted by molar-refractivity contribution is 5.07. The van der Waals surface area contributed by atoms with Crippen LogP contribution in [0.2, 0.25) is 0 Å². The maximum Gasteiger partial charge on any atom is 0.460 e. The molecule has 1 aliphatic rings. The van der Waals surface area contributed by atoms with Crippen LogP contribution in [0.25, 0.3) is 0 Å². The Labute approximate surface area is 82.4 Å². The van der Waals surface area contributed by atoms with E-state index in [2.05, 4.69) is 0 Å². The molecule has 88 valence electrons. The van der Waals surface area contributed by atoms with E-state index >= 15 is 0 Å². The molecule has 0 amide bonds. The number of likely N-dealkylation sites (tertiary alicyclic amines) is 1. The van der Waals surface area contributed by atoms with Gasteiger partial charge in [0.2, 0.25) is 0 Å². The third-order valence-electron chi connectivity index (χ3n) is 2.09. The van der Waals surface area contributed by atoms with Gasteiger partial charge in [0.05, 0.1) is 0 Å². The highest BCUT2D eigenvalue weighted by atomic mass is 19.4. The maximum absolute atomic E-state index is 12.7. The summed E-state index contributed by atoms with van der Waals surface area (Å²) in [6, 6.07) is 0. The van der Waals surface area contributed by atoms with Crippen LogP contribution >= 0.6 is 0 Å². The van der Waals surface area contributed by atoms with Crippen LogP contribution < -0.4 is 0 Å². The fourth-order valence-corrected chi connectivity index (χ4v) is 1.25. The van der Waals surface area contributed by atoms with Crippen LogP contribution in [-0.4, -0.2) is 30.1 Å². The zero-order valence-corrected chi connectivity index (χ0v) is 7.62. The van der Waals surface area contributed by atoms with Crippen molar-refractivity contribution in [3.05, 3.63) is 12.0 Å². The Hall–Kier alpha value is -0.880. The van der Waals surface area contributed by atoms with Gasteiger partial charge in [0, 0.05) is 19.3 Å². The van der Waals surface area contributed by atoms with E-state index < -0.39 is 17.9 Å². The highest BCUT2D eigenvalue weighted by Crippen LogP contribution is 2.41. The van der Waals surface area contributed by atoms with Gasteiger partial charge in [-0.1, -0.05) is 0 Å². The van der Waals surface area contributed by atoms with Crippen molar-refractivity contribution >= 4 is 0 Å². The predicted molar refractivity (Wildman–Crippen MR) is 41.0 cm³/mol. The van der Waals surface area contributed by atoms with Crippen molar-refractivity contribution in [1.29, 1.82) is 0 Å². The van der Waals surface area contributed by atoms with Crippen LogP contribution in [0.5, 0.6) is 0 Å². The van der Waals surface area contributed by atoms with Crippen LogP contribution in [-0.2, 0) is 0 Å². The first-order valence-corrected chi connectivity index (χ1v) is 4.31. The lowest BCUT2D eigenvalue weighted by Crippen LogP contribution is -2.37. The predicted octanol–water partition coefficient (Wildman–Crippen LogP) is 3.09. The lowest BCUT2D eigenvalue weighted by Gasteiger charge is -2.19. The molecule has 7 heteroatoms. The molecule has 0 aromatic carbocycles. The Morgan fingerprint density at radius 2 is 1.47 bits per heavy atom. The second-order valence-corrected chi connectivity index (χ2v) is 3.29. The molecule has 0 N–H and O–H groups in total. The molecule has 15 heavy (non-hydrogen) atoms. The van der Waals surface area contributed by atoms with Crippen LogP contribution in [0.4, 0.5) is 26.3 Å². The van der Waals surface area contributed by atoms with Crippen LogP contribution in [0, 0.1) is 0 Å². The molecule has 0 spiro atoms. The summed E-state index contributed by atoms with van der Waals surface area (Å²) in [6.07, 6.45) is -4.30. The minimum Gasteiger partial charge on any atom is -0.375 e. The van der Waals surface area contributed by atoms with Gasteiger partial charge in [-0.15, -0.1) is 0 Å². The van der Waals surface area contributed by atoms with Crippen molar-refractivity contribution in [2.24, 2.45) is 0 Å². The average Bonchev–Trinajstić information content (AvgIpc) is 2.54. The number of hydrogen-bond acceptors (Lipinski definition) is 1. The molecule has 0 aliphatic carbocycles. The van der Waals surface area contributed by atoms with Crippen LogP contribution in [0.1, 0.15) is 12.8 Å². The van der Waals surface area contributed by atoms with Gasteiger partial charge in [0.15, 0.2) is 5.83 Å². The molecule has 0 saturated carbocycles. The summed E-state index contributed by atoms with van der Waals surface area (Å²) in [5.41, 5.74) is 0. The van der Waals surface area contributed by atoms with E-state index in [0.29, 0.717) is 25.9 Å². The van der Waals surface area contributed by atoms with E-state index in [0.717, 1.165) is 4.90 Å². The molecule has 1 rings (SSSR count). The molecule has 0 bridgehead atoms. The molecular formula is C8H9F6N. The summed E-state index contributed by atoms with van der Waals surface area (Å²) >= 11 is 0. The topological polar surface area (TPSA) is 3.24 Å². The quantitative estimate of drug-likeness (QED) is 0.662. The van der Waals surface area contributed by atoms with Gasteiger partial charge < -0.3 is 4.90 Å². The molecule has 0 radical (unpaired) electrons. The van der Waals surface area contributed by atoms with Gasteiger partial charge in [-0.05, 0) is 12.8 Å². The van der Waals surface area contributed by atoms with Crippen molar-refractivity contribution in [1.82, 2.24) is 4.90 Å². The number of halogens is 6. The largest absolute Gasteiger partial charge is 0.460 e. The first-order chi connectivity index (χ1) is 6.75. The normalized spacial score (nSPS) is 19.9. The molecule has 0 atom stereocenters. The van der Waals surface area contributed by atoms with E-state index in [9.17, 15) is 26.3 Å². The Bertz CT molecular complexity index is 250. The van der Waals surface area contributed by atoms with Crippen LogP contribution in [0.3, 0.4) is 0 Å². The third-order valence-corrected chi connectivity index (χ3v) is 2.09. The summed E-state index contributed by atoms with van der Waals surface area (Å²) in [5, 5.41) is 0. The smallest absolute Gasteiger partial charge is 0.375 e. The first kappa shape index (κ1) is 12.2. The number of nitrogens with zero attached hydrogens (tertiary/aromatic N) is 1. The average molecular weight is 233 g/mol. The first-order valence-electron chi connectivity index (χ1n) is 4.31. The van der Waals surface area contributed by atoms with E-state index in [1.54, 1.807) is 0 Å². The van der Waals surface area contributed by atoms with E-state index in [-0.39, 0.29) is 6.20 Å². The zero-order chi connectivity index (χ0) is 11.7. The Kier molecular flexibility index (Phi) is 3.20. The molecule has 0 unspecified atom stereocenters. The van der Waals surface area contributed by atoms with Crippen molar-refractivity contribution in [3.8, 4) is 0 Å². The number of allylic oxidation sites excluding steroid dienone is 1. The minimum absolute atomic E-state index is 0.250. The molecule has 0 aromatic rings. The standard InChI is InChI=1S/C8H9F6N/c9-6(5-15-3-1-2-4-15)7(10,11)8(12,13)14/h5H,1-4H2/b6-5+. The van der Waals surface area contributed by atoms with Crippen molar-refractivity contribution in [2.75, 3.05) is 13.1 Å². The summed E-state index contributed by atoms with van der Waals surface area (Å²) in [5.74, 6) is -7.84. The van der Waals surface area contributed by atoms with Gasteiger partial charge in [0.25, 0.3) is 0 Å². The van der Waals surface area contributed by atoms with Crippen molar-refractivity contribution in [2.45, 2.75) is 24.9 Å². The number of hydrogen-bond donors (Lipinski definition) is 0. The molecule has 1 fully saturated rings. The third kappa shape index (κ3) is 2.57. The molecule has 0 aromatic heterocycles. The lowest BCUT2D eigenvalue weighted by molar-refractivity contribution is -0.270. The molecular weight excluding hydrogens is 224 g/mol. The maximum atomic E-state index is 12.7. The highest BCUT2D eigenvalue weighted by Gasteiger charge is 2.61. The van der Waals surface area contributed by atoms with Crippen LogP contribution in [0.15, 0.2) is 12.0 Å². The van der Waals surface area contributed by atoms with Gasteiger partial charge in [-0.25, -0.2) is 4.39 Å². The second kappa shape index (κ2) is 3.94. The Morgan fingerprint density at radius 1 is 1.00 bits per heavy atom. The molecule has 1 aliphatic heterocycles. The fraction of sp³-hybridized carbons (Fsp3) is 0.750. The van der Waals surface area contributed by atoms with Crippen molar-refractivity contribution < 1.29 is 26.3 Å². The second-order valence-electron chi connectivity index (χ2n) is 3.29. The summed E-state index contributed by atoms with van der Waals surface area (Å²) < 4.78 is 72.6. The van der Waals surface area contributed by atoms with Gasteiger partial charge in [0.1, 0.15) is 0 Å². The molecule has 1 heterocycles.